The third kappa shape index (κ3) is 5.75. The molecular weight excluding hydrogens is 288 g/mol. The molecule has 0 aliphatic carbocycles. The van der Waals surface area contributed by atoms with Crippen LogP contribution in [0.25, 0.3) is 0 Å². The molecule has 2 aromatic rings. The molecule has 23 heavy (non-hydrogen) atoms. The van der Waals surface area contributed by atoms with Gasteiger partial charge in [-0.25, -0.2) is 0 Å². The lowest BCUT2D eigenvalue weighted by Gasteiger charge is -2.17. The van der Waals surface area contributed by atoms with Gasteiger partial charge in [0.05, 0.1) is 13.7 Å². The highest BCUT2D eigenvalue weighted by Gasteiger charge is 2.08. The number of ether oxygens (including phenoxy) is 1. The van der Waals surface area contributed by atoms with Crippen molar-refractivity contribution in [3.8, 4) is 5.75 Å². The normalized spacial score (nSPS) is 10.3. The van der Waals surface area contributed by atoms with Gasteiger partial charge in [0, 0.05) is 13.6 Å². The van der Waals surface area contributed by atoms with Crippen LogP contribution in [-0.2, 0) is 17.8 Å². The molecule has 0 spiro atoms. The van der Waals surface area contributed by atoms with E-state index in [0.717, 1.165) is 24.3 Å². The molecule has 0 saturated carbocycles. The van der Waals surface area contributed by atoms with Crippen LogP contribution in [0, 0.1) is 0 Å². The maximum Gasteiger partial charge on any atom is 0.236 e. The number of rotatable bonds is 8. The van der Waals surface area contributed by atoms with Crippen molar-refractivity contribution in [2.24, 2.45) is 0 Å². The van der Waals surface area contributed by atoms with Gasteiger partial charge in [0.1, 0.15) is 5.75 Å². The summed E-state index contributed by atoms with van der Waals surface area (Å²) < 4.78 is 5.14. The summed E-state index contributed by atoms with van der Waals surface area (Å²) >= 11 is 0. The minimum absolute atomic E-state index is 0.101. The van der Waals surface area contributed by atoms with Crippen molar-refractivity contribution in [2.75, 3.05) is 27.2 Å². The molecule has 122 valence electrons. The Morgan fingerprint density at radius 1 is 1.04 bits per heavy atom. The predicted molar refractivity (Wildman–Crippen MR) is 92.5 cm³/mol. The highest BCUT2D eigenvalue weighted by Crippen LogP contribution is 2.11. The molecule has 0 radical (unpaired) electrons. The van der Waals surface area contributed by atoms with Crippen LogP contribution in [0.15, 0.2) is 54.6 Å². The summed E-state index contributed by atoms with van der Waals surface area (Å²) in [5, 5.41) is 3.21. The smallest absolute Gasteiger partial charge is 0.236 e. The van der Waals surface area contributed by atoms with Gasteiger partial charge in [-0.15, -0.1) is 0 Å². The quantitative estimate of drug-likeness (QED) is 0.762. The molecule has 0 aromatic heterocycles. The lowest BCUT2D eigenvalue weighted by Crippen LogP contribution is -2.35. The summed E-state index contributed by atoms with van der Waals surface area (Å²) in [5.74, 6) is 0.961. The first-order valence-corrected chi connectivity index (χ1v) is 7.80. The van der Waals surface area contributed by atoms with Gasteiger partial charge in [0.25, 0.3) is 0 Å². The van der Waals surface area contributed by atoms with Gasteiger partial charge < -0.3 is 15.0 Å². The third-order valence-corrected chi connectivity index (χ3v) is 3.71. The van der Waals surface area contributed by atoms with E-state index in [1.54, 1.807) is 12.0 Å². The van der Waals surface area contributed by atoms with E-state index >= 15 is 0 Å². The maximum absolute atomic E-state index is 12.1. The van der Waals surface area contributed by atoms with Crippen LogP contribution in [0.1, 0.15) is 11.1 Å². The second-order valence-electron chi connectivity index (χ2n) is 5.51. The first-order valence-electron chi connectivity index (χ1n) is 7.80. The second-order valence-corrected chi connectivity index (χ2v) is 5.51. The molecule has 0 unspecified atom stereocenters. The largest absolute Gasteiger partial charge is 0.497 e. The Labute approximate surface area is 138 Å². The fraction of sp³-hybridized carbons (Fsp3) is 0.316. The summed E-state index contributed by atoms with van der Waals surface area (Å²) in [5.41, 5.74) is 2.37. The number of carbonyl (C=O) groups is 1. The summed E-state index contributed by atoms with van der Waals surface area (Å²) in [4.78, 5) is 13.8. The lowest BCUT2D eigenvalue weighted by molar-refractivity contribution is -0.129. The zero-order valence-corrected chi connectivity index (χ0v) is 13.8. The Morgan fingerprint density at radius 3 is 2.39 bits per heavy atom. The van der Waals surface area contributed by atoms with Gasteiger partial charge in [-0.2, -0.15) is 0 Å². The van der Waals surface area contributed by atoms with Crippen molar-refractivity contribution >= 4 is 5.91 Å². The summed E-state index contributed by atoms with van der Waals surface area (Å²) in [6, 6.07) is 18.0. The number of nitrogens with zero attached hydrogens (tertiary/aromatic N) is 1. The van der Waals surface area contributed by atoms with Crippen LogP contribution in [0.3, 0.4) is 0 Å². The Bertz CT molecular complexity index is 597. The van der Waals surface area contributed by atoms with Crippen LogP contribution >= 0.6 is 0 Å². The van der Waals surface area contributed by atoms with Gasteiger partial charge in [-0.3, -0.25) is 4.79 Å². The van der Waals surface area contributed by atoms with Crippen molar-refractivity contribution in [3.63, 3.8) is 0 Å². The zero-order chi connectivity index (χ0) is 16.5. The van der Waals surface area contributed by atoms with Crippen molar-refractivity contribution in [2.45, 2.75) is 13.0 Å². The van der Waals surface area contributed by atoms with Crippen LogP contribution in [0.2, 0.25) is 0 Å². The van der Waals surface area contributed by atoms with Gasteiger partial charge in [0.15, 0.2) is 0 Å². The molecule has 1 N–H and O–H groups in total. The monoisotopic (exact) mass is 312 g/mol. The minimum Gasteiger partial charge on any atom is -0.497 e. The van der Waals surface area contributed by atoms with E-state index in [1.807, 2.05) is 61.6 Å². The molecule has 2 rings (SSSR count). The number of carbonyl (C=O) groups excluding carboxylic acids is 1. The second kappa shape index (κ2) is 8.96. The summed E-state index contributed by atoms with van der Waals surface area (Å²) in [6.45, 7) is 1.77. The Hall–Kier alpha value is -2.33. The van der Waals surface area contributed by atoms with Gasteiger partial charge in [-0.1, -0.05) is 42.5 Å². The third-order valence-electron chi connectivity index (χ3n) is 3.71. The molecule has 0 fully saturated rings. The van der Waals surface area contributed by atoms with Gasteiger partial charge in [0.2, 0.25) is 5.91 Å². The summed E-state index contributed by atoms with van der Waals surface area (Å²) in [6.07, 6.45) is 0.889. The van der Waals surface area contributed by atoms with E-state index in [2.05, 4.69) is 5.32 Å². The highest BCUT2D eigenvalue weighted by molar-refractivity contribution is 5.77. The van der Waals surface area contributed by atoms with Gasteiger partial charge in [-0.05, 0) is 36.2 Å². The number of methoxy groups -OCH3 is 1. The number of benzene rings is 2. The molecular formula is C19H24N2O2. The van der Waals surface area contributed by atoms with Crippen molar-refractivity contribution < 1.29 is 9.53 Å². The molecule has 0 saturated heterocycles. The van der Waals surface area contributed by atoms with Crippen LogP contribution in [-0.4, -0.2) is 38.1 Å². The fourth-order valence-electron chi connectivity index (χ4n) is 2.30. The van der Waals surface area contributed by atoms with Gasteiger partial charge >= 0.3 is 0 Å². The van der Waals surface area contributed by atoms with E-state index < -0.39 is 0 Å². The molecule has 0 aliphatic rings. The number of hydrogen-bond donors (Lipinski definition) is 1. The molecule has 1 amide bonds. The molecule has 0 heterocycles. The number of nitrogens with one attached hydrogen (secondary N) is 1. The molecule has 4 nitrogen and oxygen atoms in total. The maximum atomic E-state index is 12.1. The number of hydrogen-bond acceptors (Lipinski definition) is 3. The molecule has 0 aliphatic heterocycles. The number of likely N-dealkylation sites (N-methyl/N-ethyl adjacent to an activating group) is 1. The standard InChI is InChI=1S/C19H24N2O2/c1-21(15-17-6-4-3-5-7-17)19(22)14-20-13-12-16-8-10-18(23-2)11-9-16/h3-11,20H,12-15H2,1-2H3. The topological polar surface area (TPSA) is 41.6 Å². The summed E-state index contributed by atoms with van der Waals surface area (Å²) in [7, 11) is 3.49. The molecule has 0 bridgehead atoms. The predicted octanol–water partition coefficient (Wildman–Crippen LogP) is 2.49. The van der Waals surface area contributed by atoms with E-state index in [0.29, 0.717) is 13.1 Å². The number of amides is 1. The van der Waals surface area contributed by atoms with Crippen molar-refractivity contribution in [3.05, 3.63) is 65.7 Å². The fourth-order valence-corrected chi connectivity index (χ4v) is 2.30. The Morgan fingerprint density at radius 2 is 1.74 bits per heavy atom. The SMILES string of the molecule is COc1ccc(CCNCC(=O)N(C)Cc2ccccc2)cc1. The first-order chi connectivity index (χ1) is 11.2. The van der Waals surface area contributed by atoms with Crippen LogP contribution in [0.4, 0.5) is 0 Å². The average Bonchev–Trinajstić information content (AvgIpc) is 2.60. The lowest BCUT2D eigenvalue weighted by atomic mass is 10.1. The van der Waals surface area contributed by atoms with E-state index in [-0.39, 0.29) is 5.91 Å². The van der Waals surface area contributed by atoms with Crippen molar-refractivity contribution in [1.29, 1.82) is 0 Å². The van der Waals surface area contributed by atoms with Crippen LogP contribution < -0.4 is 10.1 Å². The molecule has 4 heteroatoms. The van der Waals surface area contributed by atoms with E-state index in [4.69, 9.17) is 4.74 Å². The Balaban J connectivity index is 1.67. The zero-order valence-electron chi connectivity index (χ0n) is 13.8. The van der Waals surface area contributed by atoms with Crippen LogP contribution in [0.5, 0.6) is 5.75 Å². The minimum atomic E-state index is 0.101. The van der Waals surface area contributed by atoms with Crippen molar-refractivity contribution in [1.82, 2.24) is 10.2 Å². The first kappa shape index (κ1) is 17.0. The van der Waals surface area contributed by atoms with E-state index in [1.165, 1.54) is 5.56 Å². The van der Waals surface area contributed by atoms with E-state index in [9.17, 15) is 4.79 Å². The highest BCUT2D eigenvalue weighted by atomic mass is 16.5. The average molecular weight is 312 g/mol. The Kier molecular flexibility index (Phi) is 6.63. The molecule has 0 atom stereocenters. The molecule has 2 aromatic carbocycles.